The van der Waals surface area contributed by atoms with E-state index in [1.54, 1.807) is 7.05 Å². The Hall–Kier alpha value is -2.52. The lowest BCUT2D eigenvalue weighted by Crippen LogP contribution is -2.52. The molecule has 1 heterocycles. The number of ether oxygens (including phenoxy) is 1. The van der Waals surface area contributed by atoms with Crippen LogP contribution in [0.4, 0.5) is 15.8 Å². The molecule has 1 saturated heterocycles. The fourth-order valence-electron chi connectivity index (χ4n) is 3.15. The van der Waals surface area contributed by atoms with E-state index in [0.29, 0.717) is 25.4 Å². The number of nitrogens with two attached hydrogens (primary N) is 1. The van der Waals surface area contributed by atoms with Crippen LogP contribution in [0, 0.1) is 11.2 Å². The molecule has 0 bridgehead atoms. The zero-order valence-electron chi connectivity index (χ0n) is 16.6. The fraction of sp³-hybridized carbons (Fsp3) is 0.526. The first-order valence-electron chi connectivity index (χ1n) is 8.97. The highest BCUT2D eigenvalue weighted by Crippen LogP contribution is 2.24. The number of morpholine rings is 1. The third kappa shape index (κ3) is 5.49. The molecule has 0 spiro atoms. The van der Waals surface area contributed by atoms with Crippen molar-refractivity contribution in [1.82, 2.24) is 4.90 Å². The minimum atomic E-state index is -1.24. The van der Waals surface area contributed by atoms with E-state index in [1.807, 2.05) is 20.8 Å². The van der Waals surface area contributed by atoms with E-state index < -0.39 is 23.7 Å². The average molecular weight is 394 g/mol. The van der Waals surface area contributed by atoms with Crippen molar-refractivity contribution in [1.29, 1.82) is 0 Å². The van der Waals surface area contributed by atoms with Gasteiger partial charge in [-0.15, -0.1) is 0 Å². The lowest BCUT2D eigenvalue weighted by atomic mass is 9.95. The monoisotopic (exact) mass is 394 g/mol. The van der Waals surface area contributed by atoms with Gasteiger partial charge >= 0.3 is 0 Å². The first kappa shape index (κ1) is 21.8. The Bertz CT molecular complexity index is 763. The third-order valence-corrected chi connectivity index (χ3v) is 4.19. The average Bonchev–Trinajstić information content (AvgIpc) is 2.55. The summed E-state index contributed by atoms with van der Waals surface area (Å²) in [5, 5.41) is 2.42. The summed E-state index contributed by atoms with van der Waals surface area (Å²) in [6.07, 6.45) is 0. The van der Waals surface area contributed by atoms with Gasteiger partial charge in [0, 0.05) is 18.8 Å². The van der Waals surface area contributed by atoms with Gasteiger partial charge in [-0.25, -0.2) is 4.39 Å². The smallest absolute Gasteiger partial charge is 0.253 e. The van der Waals surface area contributed by atoms with E-state index in [0.717, 1.165) is 6.07 Å². The molecule has 1 aliphatic rings. The molecule has 28 heavy (non-hydrogen) atoms. The molecule has 1 atom stereocenters. The van der Waals surface area contributed by atoms with Gasteiger partial charge in [-0.2, -0.15) is 0 Å². The SMILES string of the molecule is CN(CC(C)(C)C)[C@H](C(N)=O)C(=O)Nc1ccc(N2CCOCC2=O)cc1F. The number of halogens is 1. The number of anilines is 2. The summed E-state index contributed by atoms with van der Waals surface area (Å²) in [5.41, 5.74) is 5.51. The van der Waals surface area contributed by atoms with Crippen LogP contribution in [-0.4, -0.2) is 62.0 Å². The number of carbonyl (C=O) groups excluding carboxylic acids is 3. The molecule has 0 unspecified atom stereocenters. The number of hydrogen-bond acceptors (Lipinski definition) is 5. The molecule has 8 nitrogen and oxygen atoms in total. The third-order valence-electron chi connectivity index (χ3n) is 4.19. The lowest BCUT2D eigenvalue weighted by molar-refractivity contribution is -0.132. The van der Waals surface area contributed by atoms with Crippen LogP contribution in [0.15, 0.2) is 18.2 Å². The summed E-state index contributed by atoms with van der Waals surface area (Å²) in [5.74, 6) is -2.51. The van der Waals surface area contributed by atoms with Crippen LogP contribution in [0.3, 0.4) is 0 Å². The van der Waals surface area contributed by atoms with Crippen LogP contribution in [0.1, 0.15) is 20.8 Å². The van der Waals surface area contributed by atoms with Crippen LogP contribution in [0.5, 0.6) is 0 Å². The Morgan fingerprint density at radius 1 is 1.39 bits per heavy atom. The van der Waals surface area contributed by atoms with Gasteiger partial charge in [0.05, 0.1) is 12.3 Å². The maximum absolute atomic E-state index is 14.5. The van der Waals surface area contributed by atoms with Crippen LogP contribution in [0.2, 0.25) is 0 Å². The molecule has 0 aromatic heterocycles. The molecule has 3 N–H and O–H groups in total. The number of nitrogens with one attached hydrogen (secondary N) is 1. The number of nitrogens with zero attached hydrogens (tertiary/aromatic N) is 2. The molecule has 1 aromatic rings. The van der Waals surface area contributed by atoms with E-state index in [1.165, 1.54) is 21.9 Å². The van der Waals surface area contributed by atoms with Crippen molar-refractivity contribution in [2.45, 2.75) is 26.8 Å². The van der Waals surface area contributed by atoms with Gasteiger partial charge in [0.1, 0.15) is 12.4 Å². The predicted octanol–water partition coefficient (Wildman–Crippen LogP) is 0.959. The molecule has 2 rings (SSSR count). The standard InChI is InChI=1S/C19H27FN4O4/c1-19(2,3)11-23(4)16(17(21)26)18(27)22-14-6-5-12(9-13(14)20)24-7-8-28-10-15(24)25/h5-6,9,16H,7-8,10-11H2,1-4H3,(H2,21,26)(H,22,27)/t16-/m1/s1. The molecule has 1 aliphatic heterocycles. The van der Waals surface area contributed by atoms with E-state index >= 15 is 0 Å². The first-order valence-corrected chi connectivity index (χ1v) is 8.97. The van der Waals surface area contributed by atoms with Crippen molar-refractivity contribution in [3.8, 4) is 0 Å². The predicted molar refractivity (Wildman–Crippen MR) is 103 cm³/mol. The first-order chi connectivity index (χ1) is 13.0. The molecule has 0 radical (unpaired) electrons. The largest absolute Gasteiger partial charge is 0.370 e. The highest BCUT2D eigenvalue weighted by molar-refractivity contribution is 6.09. The number of rotatable bonds is 6. The van der Waals surface area contributed by atoms with Crippen molar-refractivity contribution in [2.75, 3.05) is 43.6 Å². The molecule has 3 amide bonds. The summed E-state index contributed by atoms with van der Waals surface area (Å²) in [6.45, 7) is 6.97. The van der Waals surface area contributed by atoms with Gasteiger partial charge in [0.15, 0.2) is 6.04 Å². The van der Waals surface area contributed by atoms with Crippen LogP contribution in [0.25, 0.3) is 0 Å². The molecular weight excluding hydrogens is 367 g/mol. The normalized spacial score (nSPS) is 16.2. The van der Waals surface area contributed by atoms with Gasteiger partial charge in [-0.05, 0) is 30.7 Å². The number of carbonyl (C=O) groups is 3. The number of amides is 3. The highest BCUT2D eigenvalue weighted by atomic mass is 19.1. The zero-order valence-corrected chi connectivity index (χ0v) is 16.6. The number of likely N-dealkylation sites (N-methyl/N-ethyl adjacent to an activating group) is 1. The van der Waals surface area contributed by atoms with Crippen molar-refractivity contribution >= 4 is 29.1 Å². The highest BCUT2D eigenvalue weighted by Gasteiger charge is 2.31. The molecule has 0 aliphatic carbocycles. The summed E-state index contributed by atoms with van der Waals surface area (Å²) < 4.78 is 19.6. The molecule has 0 saturated carbocycles. The zero-order chi connectivity index (χ0) is 21.1. The fourth-order valence-corrected chi connectivity index (χ4v) is 3.15. The van der Waals surface area contributed by atoms with Crippen LogP contribution in [-0.2, 0) is 19.1 Å². The summed E-state index contributed by atoms with van der Waals surface area (Å²) in [6, 6.07) is 2.81. The topological polar surface area (TPSA) is 105 Å². The summed E-state index contributed by atoms with van der Waals surface area (Å²) in [4.78, 5) is 39.2. The Morgan fingerprint density at radius 3 is 2.61 bits per heavy atom. The Morgan fingerprint density at radius 2 is 2.07 bits per heavy atom. The molecule has 1 fully saturated rings. The molecule has 154 valence electrons. The number of hydrogen-bond donors (Lipinski definition) is 2. The Kier molecular flexibility index (Phi) is 6.73. The van der Waals surface area contributed by atoms with Crippen molar-refractivity contribution in [3.05, 3.63) is 24.0 Å². The molecule has 9 heteroatoms. The molecule has 1 aromatic carbocycles. The van der Waals surface area contributed by atoms with E-state index in [4.69, 9.17) is 10.5 Å². The van der Waals surface area contributed by atoms with Gasteiger partial charge in [0.25, 0.3) is 11.8 Å². The second kappa shape index (κ2) is 8.66. The second-order valence-electron chi connectivity index (χ2n) is 8.03. The van der Waals surface area contributed by atoms with Gasteiger partial charge in [-0.1, -0.05) is 20.8 Å². The maximum Gasteiger partial charge on any atom is 0.253 e. The van der Waals surface area contributed by atoms with E-state index in [-0.39, 0.29) is 23.6 Å². The van der Waals surface area contributed by atoms with Crippen LogP contribution >= 0.6 is 0 Å². The Labute approximate surface area is 163 Å². The maximum atomic E-state index is 14.5. The van der Waals surface area contributed by atoms with Crippen molar-refractivity contribution in [3.63, 3.8) is 0 Å². The van der Waals surface area contributed by atoms with E-state index in [2.05, 4.69) is 5.32 Å². The quantitative estimate of drug-likeness (QED) is 0.700. The minimum absolute atomic E-state index is 0.0551. The number of primary amides is 1. The molecular formula is C19H27FN4O4. The van der Waals surface area contributed by atoms with Gasteiger partial charge in [0.2, 0.25) is 5.91 Å². The van der Waals surface area contributed by atoms with Crippen molar-refractivity contribution in [2.24, 2.45) is 11.1 Å². The number of benzene rings is 1. The van der Waals surface area contributed by atoms with Gasteiger partial charge < -0.3 is 20.7 Å². The van der Waals surface area contributed by atoms with E-state index in [9.17, 15) is 18.8 Å². The van der Waals surface area contributed by atoms with Gasteiger partial charge in [-0.3, -0.25) is 19.3 Å². The minimum Gasteiger partial charge on any atom is -0.370 e. The van der Waals surface area contributed by atoms with Crippen LogP contribution < -0.4 is 16.0 Å². The summed E-state index contributed by atoms with van der Waals surface area (Å²) in [7, 11) is 1.61. The Balaban J connectivity index is 2.15. The summed E-state index contributed by atoms with van der Waals surface area (Å²) >= 11 is 0. The second-order valence-corrected chi connectivity index (χ2v) is 8.03. The van der Waals surface area contributed by atoms with Crippen molar-refractivity contribution < 1.29 is 23.5 Å². The lowest BCUT2D eigenvalue weighted by Gasteiger charge is -2.31.